The number of nitrogens with zero attached hydrogens (tertiary/aromatic N) is 2. The lowest BCUT2D eigenvalue weighted by atomic mass is 9.63. The summed E-state index contributed by atoms with van der Waals surface area (Å²) in [5.41, 5.74) is 0.207. The maximum absolute atomic E-state index is 12.9. The van der Waals surface area contributed by atoms with E-state index in [2.05, 4.69) is 12.2 Å². The number of benzene rings is 1. The maximum Gasteiger partial charge on any atom is 0.271 e. The fourth-order valence-corrected chi connectivity index (χ4v) is 4.96. The topological polar surface area (TPSA) is 80.5 Å². The molecule has 0 aromatic heterocycles. The summed E-state index contributed by atoms with van der Waals surface area (Å²) in [5, 5.41) is 11.0. The molecule has 2 bridgehead atoms. The van der Waals surface area contributed by atoms with Crippen molar-refractivity contribution in [1.82, 2.24) is 0 Å². The molecule has 6 heteroatoms. The van der Waals surface area contributed by atoms with Gasteiger partial charge >= 0.3 is 0 Å². The van der Waals surface area contributed by atoms with Crippen LogP contribution in [-0.4, -0.2) is 16.7 Å². The molecular formula is C17H14N2O4. The monoisotopic (exact) mass is 310 g/mol. The molecule has 0 radical (unpaired) electrons. The van der Waals surface area contributed by atoms with Crippen LogP contribution in [0.3, 0.4) is 0 Å². The Morgan fingerprint density at radius 1 is 1.04 bits per heavy atom. The van der Waals surface area contributed by atoms with E-state index in [4.69, 9.17) is 0 Å². The molecule has 1 saturated heterocycles. The Labute approximate surface area is 131 Å². The van der Waals surface area contributed by atoms with Gasteiger partial charge in [0.15, 0.2) is 0 Å². The molecule has 23 heavy (non-hydrogen) atoms. The molecule has 1 aromatic rings. The van der Waals surface area contributed by atoms with E-state index in [0.29, 0.717) is 17.5 Å². The van der Waals surface area contributed by atoms with Crippen molar-refractivity contribution in [2.24, 2.45) is 35.5 Å². The summed E-state index contributed by atoms with van der Waals surface area (Å²) in [7, 11) is 0. The SMILES string of the molecule is O=C1[C@@H]2[C@@H]3C=C[C@H]([C@H]4C[C@H]34)[C@@H]2C(=O)N1c1cccc([N+](=O)[O-])c1. The molecule has 5 aliphatic rings. The first-order valence-electron chi connectivity index (χ1n) is 7.88. The summed E-state index contributed by atoms with van der Waals surface area (Å²) in [5.74, 6) is 0.489. The number of rotatable bonds is 2. The molecule has 0 unspecified atom stereocenters. The van der Waals surface area contributed by atoms with Gasteiger partial charge in [-0.25, -0.2) is 4.90 Å². The number of nitro groups is 1. The third-order valence-electron chi connectivity index (χ3n) is 5.96. The number of imide groups is 1. The van der Waals surface area contributed by atoms with E-state index in [0.717, 1.165) is 6.42 Å². The van der Waals surface area contributed by atoms with Crippen LogP contribution in [-0.2, 0) is 9.59 Å². The summed E-state index contributed by atoms with van der Waals surface area (Å²) in [4.78, 5) is 37.4. The van der Waals surface area contributed by atoms with Gasteiger partial charge in [-0.2, -0.15) is 0 Å². The summed E-state index contributed by atoms with van der Waals surface area (Å²) < 4.78 is 0. The van der Waals surface area contributed by atoms with Crippen LogP contribution in [0.4, 0.5) is 11.4 Å². The summed E-state index contributed by atoms with van der Waals surface area (Å²) in [6.45, 7) is 0. The van der Waals surface area contributed by atoms with E-state index in [9.17, 15) is 19.7 Å². The number of carbonyl (C=O) groups excluding carboxylic acids is 2. The lowest BCUT2D eigenvalue weighted by Crippen LogP contribution is -2.40. The Bertz CT molecular complexity index is 766. The van der Waals surface area contributed by atoms with Crippen molar-refractivity contribution in [3.05, 3.63) is 46.5 Å². The summed E-state index contributed by atoms with van der Waals surface area (Å²) >= 11 is 0. The standard InChI is InChI=1S/C17H14N2O4/c20-16-14-10-4-5-11(13-7-12(10)13)15(14)17(21)18(16)8-2-1-3-9(6-8)19(22)23/h1-6,10-15H,7H2/t10-,11-,12-,13-,14-,15+/m1/s1. The van der Waals surface area contributed by atoms with Crippen LogP contribution >= 0.6 is 0 Å². The minimum Gasteiger partial charge on any atom is -0.274 e. The molecule has 3 fully saturated rings. The van der Waals surface area contributed by atoms with Crippen molar-refractivity contribution in [2.45, 2.75) is 6.42 Å². The summed E-state index contributed by atoms with van der Waals surface area (Å²) in [6.07, 6.45) is 5.34. The van der Waals surface area contributed by atoms with Gasteiger partial charge in [-0.1, -0.05) is 18.2 Å². The van der Waals surface area contributed by atoms with Crippen LogP contribution in [0.5, 0.6) is 0 Å². The second-order valence-electron chi connectivity index (χ2n) is 6.94. The highest BCUT2D eigenvalue weighted by atomic mass is 16.6. The number of allylic oxidation sites excluding steroid dienone is 2. The van der Waals surface area contributed by atoms with E-state index in [-0.39, 0.29) is 41.2 Å². The Kier molecular flexibility index (Phi) is 2.30. The van der Waals surface area contributed by atoms with Crippen LogP contribution in [0.25, 0.3) is 0 Å². The Morgan fingerprint density at radius 2 is 1.65 bits per heavy atom. The largest absolute Gasteiger partial charge is 0.274 e. The third kappa shape index (κ3) is 1.53. The number of hydrogen-bond acceptors (Lipinski definition) is 4. The lowest BCUT2D eigenvalue weighted by Gasteiger charge is -2.37. The van der Waals surface area contributed by atoms with Crippen molar-refractivity contribution in [3.63, 3.8) is 0 Å². The molecule has 0 N–H and O–H groups in total. The number of non-ortho nitro benzene ring substituents is 1. The Morgan fingerprint density at radius 3 is 2.22 bits per heavy atom. The predicted molar refractivity (Wildman–Crippen MR) is 80.3 cm³/mol. The molecule has 1 heterocycles. The zero-order chi connectivity index (χ0) is 15.9. The van der Waals surface area contributed by atoms with E-state index < -0.39 is 4.92 Å². The lowest BCUT2D eigenvalue weighted by molar-refractivity contribution is -0.384. The van der Waals surface area contributed by atoms with Gasteiger partial charge in [0.1, 0.15) is 0 Å². The zero-order valence-electron chi connectivity index (χ0n) is 12.2. The summed E-state index contributed by atoms with van der Waals surface area (Å²) in [6, 6.07) is 5.78. The number of hydrogen-bond donors (Lipinski definition) is 0. The minimum absolute atomic E-state index is 0.109. The highest BCUT2D eigenvalue weighted by Gasteiger charge is 2.67. The molecule has 6 atom stereocenters. The van der Waals surface area contributed by atoms with Gasteiger partial charge in [-0.05, 0) is 36.2 Å². The third-order valence-corrected chi connectivity index (χ3v) is 5.96. The minimum atomic E-state index is -0.512. The Balaban J connectivity index is 1.57. The average molecular weight is 310 g/mol. The maximum atomic E-state index is 12.9. The van der Waals surface area contributed by atoms with Crippen LogP contribution in [0.2, 0.25) is 0 Å². The normalized spacial score (nSPS) is 39.4. The van der Waals surface area contributed by atoms with E-state index in [1.165, 1.54) is 23.1 Å². The zero-order valence-corrected chi connectivity index (χ0v) is 12.2. The molecule has 6 nitrogen and oxygen atoms in total. The molecule has 4 aliphatic carbocycles. The molecule has 2 amide bonds. The first-order valence-corrected chi connectivity index (χ1v) is 7.88. The molecule has 1 aliphatic heterocycles. The second kappa shape index (κ2) is 4.07. The first kappa shape index (κ1) is 13.0. The molecule has 0 spiro atoms. The van der Waals surface area contributed by atoms with Gasteiger partial charge in [0.25, 0.3) is 5.69 Å². The van der Waals surface area contributed by atoms with E-state index >= 15 is 0 Å². The van der Waals surface area contributed by atoms with Crippen molar-refractivity contribution >= 4 is 23.2 Å². The van der Waals surface area contributed by atoms with Crippen LogP contribution in [0.15, 0.2) is 36.4 Å². The molecule has 6 rings (SSSR count). The molecular weight excluding hydrogens is 296 g/mol. The fourth-order valence-electron chi connectivity index (χ4n) is 4.96. The average Bonchev–Trinajstić information content (AvgIpc) is 3.32. The predicted octanol–water partition coefficient (Wildman–Crippen LogP) is 2.15. The van der Waals surface area contributed by atoms with Gasteiger partial charge < -0.3 is 0 Å². The number of nitro benzene ring substituents is 1. The van der Waals surface area contributed by atoms with Gasteiger partial charge in [-0.3, -0.25) is 19.7 Å². The molecule has 2 saturated carbocycles. The van der Waals surface area contributed by atoms with Crippen molar-refractivity contribution in [1.29, 1.82) is 0 Å². The van der Waals surface area contributed by atoms with E-state index in [1.54, 1.807) is 6.07 Å². The van der Waals surface area contributed by atoms with Gasteiger partial charge in [0.05, 0.1) is 22.4 Å². The quantitative estimate of drug-likeness (QED) is 0.363. The van der Waals surface area contributed by atoms with Crippen LogP contribution in [0, 0.1) is 45.6 Å². The fraction of sp³-hybridized carbons (Fsp3) is 0.412. The van der Waals surface area contributed by atoms with E-state index in [1.807, 2.05) is 0 Å². The van der Waals surface area contributed by atoms with Crippen LogP contribution < -0.4 is 4.90 Å². The smallest absolute Gasteiger partial charge is 0.271 e. The van der Waals surface area contributed by atoms with Crippen molar-refractivity contribution in [2.75, 3.05) is 4.90 Å². The van der Waals surface area contributed by atoms with Crippen LogP contribution in [0.1, 0.15) is 6.42 Å². The molecule has 1 aromatic carbocycles. The number of amides is 2. The van der Waals surface area contributed by atoms with Crippen molar-refractivity contribution in [3.8, 4) is 0 Å². The highest BCUT2D eigenvalue weighted by molar-refractivity contribution is 6.22. The van der Waals surface area contributed by atoms with Gasteiger partial charge in [-0.15, -0.1) is 0 Å². The number of anilines is 1. The second-order valence-corrected chi connectivity index (χ2v) is 6.94. The Hall–Kier alpha value is -2.50. The number of carbonyl (C=O) groups is 2. The highest BCUT2D eigenvalue weighted by Crippen LogP contribution is 2.65. The van der Waals surface area contributed by atoms with Crippen molar-refractivity contribution < 1.29 is 14.5 Å². The molecule has 116 valence electrons. The van der Waals surface area contributed by atoms with Gasteiger partial charge in [0.2, 0.25) is 11.8 Å². The first-order chi connectivity index (χ1) is 11.1. The van der Waals surface area contributed by atoms with Gasteiger partial charge in [0, 0.05) is 12.1 Å².